The van der Waals surface area contributed by atoms with Crippen LogP contribution in [0.2, 0.25) is 0 Å². The van der Waals surface area contributed by atoms with E-state index in [0.29, 0.717) is 6.10 Å². The summed E-state index contributed by atoms with van der Waals surface area (Å²) in [7, 11) is 0. The van der Waals surface area contributed by atoms with Gasteiger partial charge in [-0.25, -0.2) is 0 Å². The molecule has 0 spiro atoms. The number of hydrogen-bond donors (Lipinski definition) is 0. The molecule has 0 N–H and O–H groups in total. The SMILES string of the molecule is CCCOc1ccc(CBr)c(OC2CCCC(CC)C2)c1. The average molecular weight is 355 g/mol. The van der Waals surface area contributed by atoms with Crippen LogP contribution < -0.4 is 9.47 Å². The Bertz CT molecular complexity index is 433. The summed E-state index contributed by atoms with van der Waals surface area (Å²) in [5.74, 6) is 2.73. The number of hydrogen-bond acceptors (Lipinski definition) is 2. The summed E-state index contributed by atoms with van der Waals surface area (Å²) in [6.45, 7) is 5.17. The van der Waals surface area contributed by atoms with Gasteiger partial charge in [0.1, 0.15) is 11.5 Å². The van der Waals surface area contributed by atoms with E-state index in [-0.39, 0.29) is 0 Å². The Kier molecular flexibility index (Phi) is 6.88. The lowest BCUT2D eigenvalue weighted by Crippen LogP contribution is -2.25. The van der Waals surface area contributed by atoms with Crippen LogP contribution in [0, 0.1) is 5.92 Å². The first-order valence-corrected chi connectivity index (χ1v) is 9.37. The Morgan fingerprint density at radius 1 is 1.24 bits per heavy atom. The maximum atomic E-state index is 6.32. The molecule has 118 valence electrons. The molecular weight excluding hydrogens is 328 g/mol. The Labute approximate surface area is 137 Å². The molecule has 0 bridgehead atoms. The van der Waals surface area contributed by atoms with Crippen LogP contribution in [0.15, 0.2) is 18.2 Å². The van der Waals surface area contributed by atoms with E-state index in [2.05, 4.69) is 41.9 Å². The first-order valence-electron chi connectivity index (χ1n) is 8.25. The second-order valence-corrected chi connectivity index (χ2v) is 6.49. The zero-order chi connectivity index (χ0) is 15.1. The number of halogens is 1. The van der Waals surface area contributed by atoms with E-state index < -0.39 is 0 Å². The fraction of sp³-hybridized carbons (Fsp3) is 0.667. The van der Waals surface area contributed by atoms with Gasteiger partial charge in [-0.15, -0.1) is 0 Å². The highest BCUT2D eigenvalue weighted by atomic mass is 79.9. The van der Waals surface area contributed by atoms with Crippen molar-refractivity contribution in [2.45, 2.75) is 63.8 Å². The van der Waals surface area contributed by atoms with E-state index in [1.54, 1.807) is 0 Å². The third-order valence-corrected chi connectivity index (χ3v) is 4.87. The van der Waals surface area contributed by atoms with Crippen molar-refractivity contribution in [2.75, 3.05) is 6.61 Å². The van der Waals surface area contributed by atoms with Gasteiger partial charge in [0.15, 0.2) is 0 Å². The van der Waals surface area contributed by atoms with E-state index in [1.807, 2.05) is 6.07 Å². The summed E-state index contributed by atoms with van der Waals surface area (Å²) < 4.78 is 12.1. The summed E-state index contributed by atoms with van der Waals surface area (Å²) in [6.07, 6.45) is 7.68. The van der Waals surface area contributed by atoms with Crippen LogP contribution in [-0.4, -0.2) is 12.7 Å². The van der Waals surface area contributed by atoms with Gasteiger partial charge in [0.2, 0.25) is 0 Å². The molecule has 21 heavy (non-hydrogen) atoms. The summed E-state index contributed by atoms with van der Waals surface area (Å²) in [6, 6.07) is 6.20. The molecule has 1 saturated carbocycles. The molecule has 0 heterocycles. The van der Waals surface area contributed by atoms with Crippen LogP contribution in [-0.2, 0) is 5.33 Å². The average Bonchev–Trinajstić information content (AvgIpc) is 2.53. The third kappa shape index (κ3) is 4.91. The highest BCUT2D eigenvalue weighted by Crippen LogP contribution is 2.33. The quantitative estimate of drug-likeness (QED) is 0.583. The van der Waals surface area contributed by atoms with Gasteiger partial charge in [-0.2, -0.15) is 0 Å². The monoisotopic (exact) mass is 354 g/mol. The molecule has 2 unspecified atom stereocenters. The van der Waals surface area contributed by atoms with E-state index in [1.165, 1.54) is 37.7 Å². The molecule has 1 aliphatic carbocycles. The van der Waals surface area contributed by atoms with Crippen LogP contribution >= 0.6 is 15.9 Å². The number of benzene rings is 1. The minimum Gasteiger partial charge on any atom is -0.493 e. The minimum absolute atomic E-state index is 0.364. The maximum absolute atomic E-state index is 6.32. The molecule has 1 aromatic carbocycles. The number of rotatable bonds is 7. The summed E-state index contributed by atoms with van der Waals surface area (Å²) in [5, 5.41) is 0.820. The fourth-order valence-corrected chi connectivity index (χ4v) is 3.43. The zero-order valence-electron chi connectivity index (χ0n) is 13.2. The van der Waals surface area contributed by atoms with E-state index >= 15 is 0 Å². The Morgan fingerprint density at radius 3 is 2.81 bits per heavy atom. The molecule has 0 aromatic heterocycles. The highest BCUT2D eigenvalue weighted by Gasteiger charge is 2.23. The van der Waals surface area contributed by atoms with Crippen molar-refractivity contribution in [3.8, 4) is 11.5 Å². The lowest BCUT2D eigenvalue weighted by Gasteiger charge is -2.29. The molecule has 2 nitrogen and oxygen atoms in total. The van der Waals surface area contributed by atoms with Crippen LogP contribution in [0.3, 0.4) is 0 Å². The first kappa shape index (κ1) is 16.7. The predicted octanol–water partition coefficient (Wildman–Crippen LogP) is 5.72. The van der Waals surface area contributed by atoms with E-state index in [9.17, 15) is 0 Å². The largest absolute Gasteiger partial charge is 0.493 e. The lowest BCUT2D eigenvalue weighted by molar-refractivity contribution is 0.121. The molecular formula is C18H27BrO2. The van der Waals surface area contributed by atoms with Gasteiger partial charge in [-0.1, -0.05) is 48.7 Å². The summed E-state index contributed by atoms with van der Waals surface area (Å²) in [5.41, 5.74) is 1.21. The molecule has 1 fully saturated rings. The van der Waals surface area contributed by atoms with Gasteiger partial charge in [0.05, 0.1) is 12.7 Å². The molecule has 2 atom stereocenters. The van der Waals surface area contributed by atoms with Crippen LogP contribution in [0.1, 0.15) is 57.9 Å². The Hall–Kier alpha value is -0.700. The van der Waals surface area contributed by atoms with Crippen molar-refractivity contribution >= 4 is 15.9 Å². The molecule has 1 aromatic rings. The van der Waals surface area contributed by atoms with Gasteiger partial charge in [-0.05, 0) is 37.7 Å². The maximum Gasteiger partial charge on any atom is 0.127 e. The Balaban J connectivity index is 2.05. The third-order valence-electron chi connectivity index (χ3n) is 4.26. The standard InChI is InChI=1S/C18H27BrO2/c1-3-10-20-16-9-8-15(13-19)18(12-16)21-17-7-5-6-14(4-2)11-17/h8-9,12,14,17H,3-7,10-11,13H2,1-2H3. The van der Waals surface area contributed by atoms with E-state index in [4.69, 9.17) is 9.47 Å². The van der Waals surface area contributed by atoms with Crippen molar-refractivity contribution in [2.24, 2.45) is 5.92 Å². The van der Waals surface area contributed by atoms with Crippen molar-refractivity contribution < 1.29 is 9.47 Å². The molecule has 3 heteroatoms. The topological polar surface area (TPSA) is 18.5 Å². The predicted molar refractivity (Wildman–Crippen MR) is 91.5 cm³/mol. The lowest BCUT2D eigenvalue weighted by atomic mass is 9.85. The molecule has 0 radical (unpaired) electrons. The zero-order valence-corrected chi connectivity index (χ0v) is 14.8. The normalized spacial score (nSPS) is 22.0. The van der Waals surface area contributed by atoms with Gasteiger partial charge in [0, 0.05) is 17.0 Å². The molecule has 0 saturated heterocycles. The molecule has 2 rings (SSSR count). The first-order chi connectivity index (χ1) is 10.3. The van der Waals surface area contributed by atoms with Crippen molar-refractivity contribution in [3.63, 3.8) is 0 Å². The molecule has 1 aliphatic rings. The second kappa shape index (κ2) is 8.67. The molecule has 0 aliphatic heterocycles. The van der Waals surface area contributed by atoms with Gasteiger partial charge < -0.3 is 9.47 Å². The van der Waals surface area contributed by atoms with Crippen molar-refractivity contribution in [1.82, 2.24) is 0 Å². The number of alkyl halides is 1. The van der Waals surface area contributed by atoms with Gasteiger partial charge in [0.25, 0.3) is 0 Å². The van der Waals surface area contributed by atoms with Crippen molar-refractivity contribution in [3.05, 3.63) is 23.8 Å². The van der Waals surface area contributed by atoms with Crippen LogP contribution in [0.25, 0.3) is 0 Å². The minimum atomic E-state index is 0.364. The number of ether oxygens (including phenoxy) is 2. The highest BCUT2D eigenvalue weighted by molar-refractivity contribution is 9.08. The van der Waals surface area contributed by atoms with E-state index in [0.717, 1.165) is 35.8 Å². The molecule has 0 amide bonds. The smallest absolute Gasteiger partial charge is 0.127 e. The van der Waals surface area contributed by atoms with Crippen LogP contribution in [0.5, 0.6) is 11.5 Å². The fourth-order valence-electron chi connectivity index (χ4n) is 2.96. The summed E-state index contributed by atoms with van der Waals surface area (Å²) >= 11 is 3.56. The van der Waals surface area contributed by atoms with Crippen molar-refractivity contribution in [1.29, 1.82) is 0 Å². The van der Waals surface area contributed by atoms with Gasteiger partial charge >= 0.3 is 0 Å². The Morgan fingerprint density at radius 2 is 2.10 bits per heavy atom. The summed E-state index contributed by atoms with van der Waals surface area (Å²) in [4.78, 5) is 0. The van der Waals surface area contributed by atoms with Crippen LogP contribution in [0.4, 0.5) is 0 Å². The second-order valence-electron chi connectivity index (χ2n) is 5.93. The van der Waals surface area contributed by atoms with Gasteiger partial charge in [-0.3, -0.25) is 0 Å².